The molecule has 0 atom stereocenters. The van der Waals surface area contributed by atoms with Gasteiger partial charge in [-0.1, -0.05) is 15.9 Å². The highest BCUT2D eigenvalue weighted by Crippen LogP contribution is 2.31. The van der Waals surface area contributed by atoms with E-state index < -0.39 is 0 Å². The monoisotopic (exact) mass is 319 g/mol. The molecule has 0 fully saturated rings. The van der Waals surface area contributed by atoms with Gasteiger partial charge < -0.3 is 0 Å². The van der Waals surface area contributed by atoms with Gasteiger partial charge in [0.1, 0.15) is 11.6 Å². The minimum absolute atomic E-state index is 0.976. The van der Waals surface area contributed by atoms with Gasteiger partial charge in [0.25, 0.3) is 0 Å². The lowest BCUT2D eigenvalue weighted by atomic mass is 10.3. The average Bonchev–Trinajstić information content (AvgIpc) is 2.81. The number of rotatable bonds is 2. The van der Waals surface area contributed by atoms with E-state index in [0.717, 1.165) is 21.5 Å². The Bertz CT molecular complexity index is 706. The third kappa shape index (κ3) is 2.18. The lowest BCUT2D eigenvalue weighted by Crippen LogP contribution is -2.30. The molecule has 0 N–H and O–H groups in total. The topological polar surface area (TPSA) is 16.8 Å². The molecule has 0 amide bonds. The zero-order valence-electron chi connectivity index (χ0n) is 9.93. The van der Waals surface area contributed by atoms with Crippen LogP contribution < -0.4 is 4.57 Å². The zero-order valence-corrected chi connectivity index (χ0v) is 12.3. The molecular weight excluding hydrogens is 308 g/mol. The van der Waals surface area contributed by atoms with E-state index in [0.29, 0.717) is 0 Å². The van der Waals surface area contributed by atoms with Crippen LogP contribution in [0.2, 0.25) is 0 Å². The standard InChI is InChI=1S/C14H12BrN2S/c1-2-17-7-3-4-10(9-17)14-16-12-6-5-11(15)8-13(12)18-14/h3-9H,2H2,1H3/q+1. The third-order valence-electron chi connectivity index (χ3n) is 2.82. The molecule has 3 rings (SSSR count). The fourth-order valence-corrected chi connectivity index (χ4v) is 3.37. The van der Waals surface area contributed by atoms with E-state index in [1.807, 2.05) is 6.07 Å². The maximum atomic E-state index is 4.68. The summed E-state index contributed by atoms with van der Waals surface area (Å²) in [4.78, 5) is 4.68. The summed E-state index contributed by atoms with van der Waals surface area (Å²) >= 11 is 5.22. The van der Waals surface area contributed by atoms with Crippen molar-refractivity contribution in [2.24, 2.45) is 0 Å². The van der Waals surface area contributed by atoms with Gasteiger partial charge >= 0.3 is 0 Å². The zero-order chi connectivity index (χ0) is 12.5. The third-order valence-corrected chi connectivity index (χ3v) is 4.38. The molecule has 0 unspecified atom stereocenters. The second-order valence-electron chi connectivity index (χ2n) is 4.05. The van der Waals surface area contributed by atoms with Gasteiger partial charge in [-0.2, -0.15) is 0 Å². The van der Waals surface area contributed by atoms with Crippen molar-refractivity contribution in [2.75, 3.05) is 0 Å². The molecule has 0 bridgehead atoms. The van der Waals surface area contributed by atoms with E-state index in [1.165, 1.54) is 10.3 Å². The molecule has 0 spiro atoms. The number of thiazole rings is 1. The summed E-state index contributed by atoms with van der Waals surface area (Å²) in [5, 5.41) is 1.07. The molecule has 0 aliphatic rings. The number of hydrogen-bond acceptors (Lipinski definition) is 2. The molecule has 18 heavy (non-hydrogen) atoms. The molecule has 0 saturated heterocycles. The Balaban J connectivity index is 2.13. The van der Waals surface area contributed by atoms with Crippen LogP contribution in [0.3, 0.4) is 0 Å². The van der Waals surface area contributed by atoms with Crippen LogP contribution in [0.5, 0.6) is 0 Å². The van der Waals surface area contributed by atoms with Crippen molar-refractivity contribution in [2.45, 2.75) is 13.5 Å². The number of nitrogens with zero attached hydrogens (tertiary/aromatic N) is 2. The van der Waals surface area contributed by atoms with Gasteiger partial charge in [0.2, 0.25) is 0 Å². The Labute approximate surface area is 118 Å². The van der Waals surface area contributed by atoms with Gasteiger partial charge in [0, 0.05) is 10.5 Å². The molecular formula is C14H12BrN2S+. The summed E-state index contributed by atoms with van der Waals surface area (Å²) < 4.78 is 4.48. The smallest absolute Gasteiger partial charge is 0.179 e. The van der Waals surface area contributed by atoms with Gasteiger partial charge in [-0.25, -0.2) is 9.55 Å². The van der Waals surface area contributed by atoms with Crippen LogP contribution in [-0.4, -0.2) is 4.98 Å². The Morgan fingerprint density at radius 1 is 1.33 bits per heavy atom. The van der Waals surface area contributed by atoms with Crippen LogP contribution in [0.4, 0.5) is 0 Å². The van der Waals surface area contributed by atoms with Crippen molar-refractivity contribution in [3.8, 4) is 10.6 Å². The summed E-state index contributed by atoms with van der Waals surface area (Å²) in [5.74, 6) is 0. The van der Waals surface area contributed by atoms with Crippen molar-refractivity contribution in [3.63, 3.8) is 0 Å². The molecule has 2 heterocycles. The number of hydrogen-bond donors (Lipinski definition) is 0. The second-order valence-corrected chi connectivity index (χ2v) is 6.00. The van der Waals surface area contributed by atoms with Crippen LogP contribution >= 0.6 is 27.3 Å². The van der Waals surface area contributed by atoms with Gasteiger partial charge in [-0.05, 0) is 31.2 Å². The molecule has 1 aromatic carbocycles. The predicted molar refractivity (Wildman–Crippen MR) is 78.6 cm³/mol. The van der Waals surface area contributed by atoms with Gasteiger partial charge in [0.15, 0.2) is 12.4 Å². The first-order valence-corrected chi connectivity index (χ1v) is 7.43. The number of benzene rings is 1. The Hall–Kier alpha value is -1.26. The lowest BCUT2D eigenvalue weighted by Gasteiger charge is -1.94. The Kier molecular flexibility index (Phi) is 3.14. The van der Waals surface area contributed by atoms with Gasteiger partial charge in [-0.15, -0.1) is 11.3 Å². The summed E-state index contributed by atoms with van der Waals surface area (Å²) in [5.41, 5.74) is 2.24. The summed E-state index contributed by atoms with van der Waals surface area (Å²) in [6, 6.07) is 10.4. The molecule has 90 valence electrons. The second kappa shape index (κ2) is 4.78. The van der Waals surface area contributed by atoms with Gasteiger partial charge in [0.05, 0.1) is 15.8 Å². The average molecular weight is 320 g/mol. The minimum Gasteiger partial charge on any atom is -0.236 e. The van der Waals surface area contributed by atoms with Crippen molar-refractivity contribution in [1.82, 2.24) is 4.98 Å². The number of halogens is 1. The Morgan fingerprint density at radius 3 is 3.06 bits per heavy atom. The number of fused-ring (bicyclic) bond motifs is 1. The molecule has 3 aromatic rings. The maximum Gasteiger partial charge on any atom is 0.179 e. The van der Waals surface area contributed by atoms with Crippen LogP contribution in [0.25, 0.3) is 20.8 Å². The maximum absolute atomic E-state index is 4.68. The molecule has 0 aliphatic heterocycles. The van der Waals surface area contributed by atoms with E-state index in [9.17, 15) is 0 Å². The molecule has 4 heteroatoms. The SMILES string of the molecule is CC[n+]1cccc(-c2nc3ccc(Br)cc3s2)c1. The molecule has 0 aliphatic carbocycles. The van der Waals surface area contributed by atoms with Crippen molar-refractivity contribution in [3.05, 3.63) is 47.2 Å². The predicted octanol–water partition coefficient (Wildman–Crippen LogP) is 4.03. The highest BCUT2D eigenvalue weighted by molar-refractivity contribution is 9.10. The van der Waals surface area contributed by atoms with E-state index >= 15 is 0 Å². The highest BCUT2D eigenvalue weighted by atomic mass is 79.9. The minimum atomic E-state index is 0.976. The summed E-state index contributed by atoms with van der Waals surface area (Å²) in [6.07, 6.45) is 4.22. The first-order chi connectivity index (χ1) is 8.76. The molecule has 2 aromatic heterocycles. The fraction of sp³-hybridized carbons (Fsp3) is 0.143. The Morgan fingerprint density at radius 2 is 2.22 bits per heavy atom. The van der Waals surface area contributed by atoms with Crippen molar-refractivity contribution in [1.29, 1.82) is 0 Å². The fourth-order valence-electron chi connectivity index (χ4n) is 1.87. The number of aromatic nitrogens is 2. The number of aryl methyl sites for hydroxylation is 1. The summed E-state index contributed by atoms with van der Waals surface area (Å²) in [7, 11) is 0. The van der Waals surface area contributed by atoms with E-state index in [2.05, 4.69) is 69.1 Å². The normalized spacial score (nSPS) is 11.0. The van der Waals surface area contributed by atoms with Gasteiger partial charge in [-0.3, -0.25) is 0 Å². The van der Waals surface area contributed by atoms with Crippen molar-refractivity contribution < 1.29 is 4.57 Å². The largest absolute Gasteiger partial charge is 0.236 e. The first-order valence-electron chi connectivity index (χ1n) is 5.82. The van der Waals surface area contributed by atoms with Crippen LogP contribution in [0, 0.1) is 0 Å². The summed E-state index contributed by atoms with van der Waals surface area (Å²) in [6.45, 7) is 3.11. The van der Waals surface area contributed by atoms with Crippen LogP contribution in [0.15, 0.2) is 47.2 Å². The van der Waals surface area contributed by atoms with Crippen LogP contribution in [-0.2, 0) is 6.54 Å². The van der Waals surface area contributed by atoms with E-state index in [4.69, 9.17) is 0 Å². The quantitative estimate of drug-likeness (QED) is 0.651. The lowest BCUT2D eigenvalue weighted by molar-refractivity contribution is -0.693. The number of pyridine rings is 1. The van der Waals surface area contributed by atoms with Crippen molar-refractivity contribution >= 4 is 37.5 Å². The molecule has 2 nitrogen and oxygen atoms in total. The molecule has 0 radical (unpaired) electrons. The highest BCUT2D eigenvalue weighted by Gasteiger charge is 2.09. The van der Waals surface area contributed by atoms with Crippen LogP contribution in [0.1, 0.15) is 6.92 Å². The first kappa shape index (κ1) is 11.8. The van der Waals surface area contributed by atoms with E-state index in [-0.39, 0.29) is 0 Å². The van der Waals surface area contributed by atoms with E-state index in [1.54, 1.807) is 11.3 Å². The molecule has 0 saturated carbocycles.